The third kappa shape index (κ3) is 7.54. The number of rotatable bonds is 9. The fourth-order valence-electron chi connectivity index (χ4n) is 1.16. The van der Waals surface area contributed by atoms with Gasteiger partial charge in [-0.05, 0) is 40.8 Å². The smallest absolute Gasteiger partial charge is 0.120 e. The van der Waals surface area contributed by atoms with Crippen LogP contribution in [-0.2, 0) is 9.47 Å². The van der Waals surface area contributed by atoms with Gasteiger partial charge in [-0.1, -0.05) is 6.07 Å². The molecule has 4 nitrogen and oxygen atoms in total. The first kappa shape index (κ1) is 14.7. The Hall–Kier alpha value is -0.370. The van der Waals surface area contributed by atoms with Crippen LogP contribution in [0.15, 0.2) is 24.3 Å². The molecule has 0 spiro atoms. The number of benzene rings is 1. The van der Waals surface area contributed by atoms with Crippen LogP contribution in [0.2, 0.25) is 0 Å². The molecule has 0 amide bonds. The zero-order valence-electron chi connectivity index (χ0n) is 9.60. The predicted octanol–water partition coefficient (Wildman–Crippen LogP) is 1.70. The van der Waals surface area contributed by atoms with E-state index in [-0.39, 0.29) is 6.61 Å². The maximum Gasteiger partial charge on any atom is 0.120 e. The van der Waals surface area contributed by atoms with Crippen molar-refractivity contribution in [2.24, 2.45) is 0 Å². The Balaban J connectivity index is 1.97. The molecular formula is C12H17IO4. The minimum atomic E-state index is 0.0513. The summed E-state index contributed by atoms with van der Waals surface area (Å²) >= 11 is 2.24. The van der Waals surface area contributed by atoms with Crippen molar-refractivity contribution >= 4 is 22.6 Å². The number of hydrogen-bond acceptors (Lipinski definition) is 4. The van der Waals surface area contributed by atoms with E-state index in [2.05, 4.69) is 22.6 Å². The lowest BCUT2D eigenvalue weighted by Crippen LogP contribution is -2.11. The average Bonchev–Trinajstić information content (AvgIpc) is 2.33. The van der Waals surface area contributed by atoms with E-state index in [1.54, 1.807) is 0 Å². The molecule has 0 saturated carbocycles. The van der Waals surface area contributed by atoms with Gasteiger partial charge in [0.25, 0.3) is 0 Å². The van der Waals surface area contributed by atoms with Gasteiger partial charge in [0.05, 0.1) is 33.0 Å². The molecule has 0 aromatic heterocycles. The largest absolute Gasteiger partial charge is 0.491 e. The molecule has 1 aromatic carbocycles. The molecule has 0 fully saturated rings. The molecule has 0 aliphatic heterocycles. The van der Waals surface area contributed by atoms with Crippen LogP contribution in [0, 0.1) is 3.57 Å². The van der Waals surface area contributed by atoms with Crippen molar-refractivity contribution in [3.05, 3.63) is 27.8 Å². The van der Waals surface area contributed by atoms with E-state index >= 15 is 0 Å². The lowest BCUT2D eigenvalue weighted by Gasteiger charge is -2.07. The first-order chi connectivity index (χ1) is 8.33. The first-order valence-electron chi connectivity index (χ1n) is 5.47. The van der Waals surface area contributed by atoms with E-state index in [0.717, 1.165) is 9.32 Å². The van der Waals surface area contributed by atoms with Crippen molar-refractivity contribution in [1.29, 1.82) is 0 Å². The Morgan fingerprint density at radius 2 is 1.71 bits per heavy atom. The highest BCUT2D eigenvalue weighted by atomic mass is 127. The van der Waals surface area contributed by atoms with E-state index in [9.17, 15) is 0 Å². The van der Waals surface area contributed by atoms with Gasteiger partial charge in [0.1, 0.15) is 12.4 Å². The van der Waals surface area contributed by atoms with Gasteiger partial charge in [0.15, 0.2) is 0 Å². The zero-order chi connectivity index (χ0) is 12.3. The number of aliphatic hydroxyl groups excluding tert-OH is 1. The molecule has 1 N–H and O–H groups in total. The Labute approximate surface area is 115 Å². The van der Waals surface area contributed by atoms with Crippen LogP contribution in [0.5, 0.6) is 5.75 Å². The van der Waals surface area contributed by atoms with Crippen molar-refractivity contribution in [2.45, 2.75) is 0 Å². The number of aliphatic hydroxyl groups is 1. The maximum absolute atomic E-state index is 8.47. The van der Waals surface area contributed by atoms with Crippen molar-refractivity contribution in [3.63, 3.8) is 0 Å². The van der Waals surface area contributed by atoms with Gasteiger partial charge in [-0.2, -0.15) is 0 Å². The molecule has 0 bridgehead atoms. The van der Waals surface area contributed by atoms with Gasteiger partial charge < -0.3 is 19.3 Å². The second-order valence-corrected chi connectivity index (χ2v) is 4.50. The molecule has 0 atom stereocenters. The summed E-state index contributed by atoms with van der Waals surface area (Å²) in [6.07, 6.45) is 0. The molecule has 0 aliphatic carbocycles. The van der Waals surface area contributed by atoms with Gasteiger partial charge in [0, 0.05) is 3.57 Å². The predicted molar refractivity (Wildman–Crippen MR) is 73.4 cm³/mol. The topological polar surface area (TPSA) is 47.9 Å². The van der Waals surface area contributed by atoms with Gasteiger partial charge in [-0.3, -0.25) is 0 Å². The molecule has 0 unspecified atom stereocenters. The second-order valence-electron chi connectivity index (χ2n) is 3.25. The van der Waals surface area contributed by atoms with Crippen LogP contribution in [0.1, 0.15) is 0 Å². The summed E-state index contributed by atoms with van der Waals surface area (Å²) in [5.41, 5.74) is 0. The van der Waals surface area contributed by atoms with Gasteiger partial charge >= 0.3 is 0 Å². The van der Waals surface area contributed by atoms with Crippen LogP contribution in [0.4, 0.5) is 0 Å². The number of ether oxygens (including phenoxy) is 3. The fraction of sp³-hybridized carbons (Fsp3) is 0.500. The van der Waals surface area contributed by atoms with E-state index in [0.29, 0.717) is 33.0 Å². The summed E-state index contributed by atoms with van der Waals surface area (Å²) in [4.78, 5) is 0. The fourth-order valence-corrected chi connectivity index (χ4v) is 1.68. The van der Waals surface area contributed by atoms with Gasteiger partial charge in [-0.15, -0.1) is 0 Å². The lowest BCUT2D eigenvalue weighted by atomic mass is 10.3. The average molecular weight is 352 g/mol. The highest BCUT2D eigenvalue weighted by Gasteiger charge is 1.95. The Bertz CT molecular complexity index is 306. The molecule has 1 aromatic rings. The zero-order valence-corrected chi connectivity index (χ0v) is 11.8. The Morgan fingerprint density at radius 1 is 1.00 bits per heavy atom. The highest BCUT2D eigenvalue weighted by Crippen LogP contribution is 2.14. The molecule has 96 valence electrons. The quantitative estimate of drug-likeness (QED) is 0.543. The van der Waals surface area contributed by atoms with Crippen molar-refractivity contribution in [2.75, 3.05) is 39.6 Å². The second kappa shape index (κ2) is 9.64. The van der Waals surface area contributed by atoms with E-state index in [4.69, 9.17) is 19.3 Å². The van der Waals surface area contributed by atoms with Crippen LogP contribution in [0.25, 0.3) is 0 Å². The molecular weight excluding hydrogens is 335 g/mol. The van der Waals surface area contributed by atoms with E-state index in [1.807, 2.05) is 24.3 Å². The van der Waals surface area contributed by atoms with Gasteiger partial charge in [0.2, 0.25) is 0 Å². The summed E-state index contributed by atoms with van der Waals surface area (Å²) < 4.78 is 17.0. The molecule has 0 saturated heterocycles. The van der Waals surface area contributed by atoms with Crippen LogP contribution < -0.4 is 4.74 Å². The summed E-state index contributed by atoms with van der Waals surface area (Å²) in [6.45, 7) is 2.51. The SMILES string of the molecule is OCCOCCOCCOc1cccc(I)c1. The molecule has 17 heavy (non-hydrogen) atoms. The van der Waals surface area contributed by atoms with E-state index in [1.165, 1.54) is 0 Å². The normalized spacial score (nSPS) is 10.5. The summed E-state index contributed by atoms with van der Waals surface area (Å²) in [5.74, 6) is 0.858. The monoisotopic (exact) mass is 352 g/mol. The molecule has 1 rings (SSSR count). The minimum absolute atomic E-state index is 0.0513. The number of halogens is 1. The van der Waals surface area contributed by atoms with Crippen LogP contribution in [-0.4, -0.2) is 44.7 Å². The maximum atomic E-state index is 8.47. The van der Waals surface area contributed by atoms with Crippen molar-refractivity contribution in [3.8, 4) is 5.75 Å². The number of hydrogen-bond donors (Lipinski definition) is 1. The summed E-state index contributed by atoms with van der Waals surface area (Å²) in [7, 11) is 0. The third-order valence-corrected chi connectivity index (χ3v) is 2.57. The lowest BCUT2D eigenvalue weighted by molar-refractivity contribution is 0.0247. The molecule has 0 aliphatic rings. The molecule has 5 heteroatoms. The van der Waals surface area contributed by atoms with Crippen LogP contribution >= 0.6 is 22.6 Å². The minimum Gasteiger partial charge on any atom is -0.491 e. The standard InChI is InChI=1S/C12H17IO4/c13-11-2-1-3-12(10-11)17-9-8-16-7-6-15-5-4-14/h1-3,10,14H,4-9H2. The Morgan fingerprint density at radius 3 is 2.41 bits per heavy atom. The molecule has 0 radical (unpaired) electrons. The third-order valence-electron chi connectivity index (χ3n) is 1.90. The van der Waals surface area contributed by atoms with E-state index < -0.39 is 0 Å². The van der Waals surface area contributed by atoms with Gasteiger partial charge in [-0.25, -0.2) is 0 Å². The highest BCUT2D eigenvalue weighted by molar-refractivity contribution is 14.1. The van der Waals surface area contributed by atoms with Crippen molar-refractivity contribution < 1.29 is 19.3 Å². The summed E-state index contributed by atoms with van der Waals surface area (Å²) in [5, 5.41) is 8.47. The van der Waals surface area contributed by atoms with Crippen molar-refractivity contribution in [1.82, 2.24) is 0 Å². The van der Waals surface area contributed by atoms with Crippen LogP contribution in [0.3, 0.4) is 0 Å². The summed E-state index contributed by atoms with van der Waals surface area (Å²) in [6, 6.07) is 7.88. The first-order valence-corrected chi connectivity index (χ1v) is 6.55. The molecule has 0 heterocycles. The Kier molecular flexibility index (Phi) is 8.33.